The lowest BCUT2D eigenvalue weighted by Gasteiger charge is -2.08. The van der Waals surface area contributed by atoms with Crippen molar-refractivity contribution >= 4 is 0 Å². The van der Waals surface area contributed by atoms with Crippen LogP contribution < -0.4 is 10.6 Å². The van der Waals surface area contributed by atoms with Gasteiger partial charge in [-0.25, -0.2) is 0 Å². The smallest absolute Gasteiger partial charge is 0.111 e. The lowest BCUT2D eigenvalue weighted by molar-refractivity contribution is -0.835. The van der Waals surface area contributed by atoms with Crippen molar-refractivity contribution in [2.75, 3.05) is 6.54 Å². The monoisotopic (exact) mass is 86.0 g/mol. The molecule has 0 aliphatic carbocycles. The second-order valence-corrected chi connectivity index (χ2v) is 1.15. The molecule has 0 bridgehead atoms. The second-order valence-electron chi connectivity index (χ2n) is 1.15. The van der Waals surface area contributed by atoms with Crippen molar-refractivity contribution in [1.82, 2.24) is 5.43 Å². The number of rotatable bonds is 0. The molecule has 1 rings (SSSR count). The zero-order chi connectivity index (χ0) is 4.41. The zero-order valence-corrected chi connectivity index (χ0v) is 3.27. The minimum absolute atomic E-state index is 0.0231. The number of hydrogen-bond acceptors (Lipinski definition) is 2. The average Bonchev–Trinajstić information content (AvgIpc) is 1.86. The summed E-state index contributed by atoms with van der Waals surface area (Å²) in [6.45, 7) is 0.707. The minimum Gasteiger partial charge on any atom is -0.608 e. The summed E-state index contributed by atoms with van der Waals surface area (Å²) >= 11 is 0. The summed E-state index contributed by atoms with van der Waals surface area (Å²) < 4.78 is 0. The molecule has 0 aromatic carbocycles. The lowest BCUT2D eigenvalue weighted by atomic mass is 10.7. The molecule has 1 aliphatic heterocycles. The maximum atomic E-state index is 10.0. The zero-order valence-electron chi connectivity index (χ0n) is 3.27. The third-order valence-electron chi connectivity index (χ3n) is 0.663. The highest BCUT2D eigenvalue weighted by Gasteiger charge is 1.92. The Balaban J connectivity index is 2.38. The fourth-order valence-electron chi connectivity index (χ4n) is 0.384. The predicted molar refractivity (Wildman–Crippen MR) is 21.5 cm³/mol. The van der Waals surface area contributed by atoms with E-state index in [0.29, 0.717) is 6.54 Å². The fraction of sp³-hybridized carbons (Fsp3) is 0.333. The summed E-state index contributed by atoms with van der Waals surface area (Å²) in [5.74, 6) is 0. The molecule has 1 heterocycles. The van der Waals surface area contributed by atoms with Crippen LogP contribution in [0.2, 0.25) is 0 Å². The summed E-state index contributed by atoms with van der Waals surface area (Å²) in [4.78, 5) is 0. The third-order valence-corrected chi connectivity index (χ3v) is 0.663. The van der Waals surface area contributed by atoms with Crippen LogP contribution in [-0.2, 0) is 0 Å². The largest absolute Gasteiger partial charge is 0.608 e. The van der Waals surface area contributed by atoms with Gasteiger partial charge in [0.2, 0.25) is 0 Å². The van der Waals surface area contributed by atoms with Crippen LogP contribution in [0.5, 0.6) is 0 Å². The van der Waals surface area contributed by atoms with Gasteiger partial charge in [-0.15, -0.1) is 0 Å². The molecule has 0 aromatic rings. The van der Waals surface area contributed by atoms with Crippen molar-refractivity contribution in [3.05, 3.63) is 17.5 Å². The van der Waals surface area contributed by atoms with Crippen LogP contribution in [-0.4, -0.2) is 6.54 Å². The van der Waals surface area contributed by atoms with Crippen molar-refractivity contribution in [1.29, 1.82) is 0 Å². The van der Waals surface area contributed by atoms with E-state index in [9.17, 15) is 5.21 Å². The molecule has 1 aliphatic rings. The molecule has 0 amide bonds. The van der Waals surface area contributed by atoms with Gasteiger partial charge in [-0.3, -0.25) is 5.17 Å². The Kier molecular flexibility index (Phi) is 0.874. The van der Waals surface area contributed by atoms with Gasteiger partial charge in [-0.05, 0) is 6.08 Å². The Bertz CT molecular complexity index is 71.2. The summed E-state index contributed by atoms with van der Waals surface area (Å²) in [6.07, 6.45) is 3.32. The number of hydrogen-bond donors (Lipinski definition) is 2. The predicted octanol–water partition coefficient (Wildman–Crippen LogP) is -1.60. The molecule has 2 N–H and O–H groups in total. The molecular formula is C3H6N2O. The Labute approximate surface area is 35.8 Å². The molecule has 1 unspecified atom stereocenters. The van der Waals surface area contributed by atoms with E-state index < -0.39 is 0 Å². The van der Waals surface area contributed by atoms with Crippen LogP contribution in [0.4, 0.5) is 0 Å². The van der Waals surface area contributed by atoms with E-state index in [4.69, 9.17) is 0 Å². The van der Waals surface area contributed by atoms with Crippen LogP contribution in [0.25, 0.3) is 0 Å². The molecular weight excluding hydrogens is 80.0 g/mol. The molecule has 1 atom stereocenters. The first-order chi connectivity index (χ1) is 2.89. The molecule has 0 radical (unpaired) electrons. The first-order valence-corrected chi connectivity index (χ1v) is 1.84. The maximum absolute atomic E-state index is 10.0. The summed E-state index contributed by atoms with van der Waals surface area (Å²) in [6, 6.07) is 0. The van der Waals surface area contributed by atoms with E-state index in [-0.39, 0.29) is 5.17 Å². The Hall–Kier alpha value is -0.380. The second kappa shape index (κ2) is 1.38. The summed E-state index contributed by atoms with van der Waals surface area (Å²) in [7, 11) is 0. The van der Waals surface area contributed by atoms with Crippen LogP contribution in [0.3, 0.4) is 0 Å². The van der Waals surface area contributed by atoms with E-state index in [0.717, 1.165) is 0 Å². The summed E-state index contributed by atoms with van der Waals surface area (Å²) in [5, 5.41) is 10.1. The third kappa shape index (κ3) is 0.567. The SMILES string of the molecule is [O-][NH+]1C=CCN1. The first-order valence-electron chi connectivity index (χ1n) is 1.84. The van der Waals surface area contributed by atoms with Crippen LogP contribution in [0.15, 0.2) is 12.3 Å². The highest BCUT2D eigenvalue weighted by Crippen LogP contribution is 1.61. The fourth-order valence-corrected chi connectivity index (χ4v) is 0.384. The van der Waals surface area contributed by atoms with Crippen molar-refractivity contribution in [2.24, 2.45) is 0 Å². The molecule has 6 heavy (non-hydrogen) atoms. The van der Waals surface area contributed by atoms with Gasteiger partial charge in [-0.1, -0.05) is 0 Å². The van der Waals surface area contributed by atoms with Gasteiger partial charge in [0.05, 0.1) is 6.54 Å². The topological polar surface area (TPSA) is 39.5 Å². The maximum Gasteiger partial charge on any atom is 0.111 e. The molecule has 0 saturated heterocycles. The summed E-state index contributed by atoms with van der Waals surface area (Å²) in [5.41, 5.74) is 2.57. The van der Waals surface area contributed by atoms with Crippen molar-refractivity contribution < 1.29 is 5.17 Å². The van der Waals surface area contributed by atoms with Gasteiger partial charge >= 0.3 is 0 Å². The standard InChI is InChI=1S/C3H6N2O/c6-5-3-1-2-4-5/h1,3-5H,2H2. The molecule has 34 valence electrons. The number of quaternary nitrogens is 1. The van der Waals surface area contributed by atoms with E-state index in [2.05, 4.69) is 5.43 Å². The van der Waals surface area contributed by atoms with Crippen LogP contribution >= 0.6 is 0 Å². The lowest BCUT2D eigenvalue weighted by Crippen LogP contribution is -3.08. The number of hydroxylamine groups is 1. The van der Waals surface area contributed by atoms with Gasteiger partial charge in [0.1, 0.15) is 6.20 Å². The average molecular weight is 86.1 g/mol. The minimum atomic E-state index is 0.0231. The van der Waals surface area contributed by atoms with Crippen molar-refractivity contribution in [2.45, 2.75) is 0 Å². The van der Waals surface area contributed by atoms with Crippen LogP contribution in [0.1, 0.15) is 0 Å². The molecule has 3 heteroatoms. The van der Waals surface area contributed by atoms with E-state index >= 15 is 0 Å². The Morgan fingerprint density at radius 3 is 2.83 bits per heavy atom. The normalized spacial score (nSPS) is 31.8. The highest BCUT2D eigenvalue weighted by molar-refractivity contribution is 4.76. The van der Waals surface area contributed by atoms with Gasteiger partial charge < -0.3 is 5.21 Å². The van der Waals surface area contributed by atoms with Gasteiger partial charge in [0, 0.05) is 0 Å². The molecule has 0 fully saturated rings. The van der Waals surface area contributed by atoms with Crippen molar-refractivity contribution in [3.8, 4) is 0 Å². The molecule has 0 spiro atoms. The van der Waals surface area contributed by atoms with E-state index in [1.807, 2.05) is 0 Å². The van der Waals surface area contributed by atoms with E-state index in [1.54, 1.807) is 6.08 Å². The highest BCUT2D eigenvalue weighted by atomic mass is 16.5. The number of nitrogens with one attached hydrogen (secondary N) is 2. The van der Waals surface area contributed by atoms with Gasteiger partial charge in [0.25, 0.3) is 0 Å². The Morgan fingerprint density at radius 2 is 2.67 bits per heavy atom. The van der Waals surface area contributed by atoms with Crippen molar-refractivity contribution in [3.63, 3.8) is 0 Å². The van der Waals surface area contributed by atoms with Gasteiger partial charge in [0.15, 0.2) is 0 Å². The molecule has 0 saturated carbocycles. The molecule has 0 aromatic heterocycles. The van der Waals surface area contributed by atoms with Crippen LogP contribution in [0, 0.1) is 5.21 Å². The Morgan fingerprint density at radius 1 is 1.83 bits per heavy atom. The van der Waals surface area contributed by atoms with Gasteiger partial charge in [-0.2, -0.15) is 5.43 Å². The van der Waals surface area contributed by atoms with E-state index in [1.165, 1.54) is 6.20 Å². The first kappa shape index (κ1) is 3.80. The molecule has 3 nitrogen and oxygen atoms in total. The quantitative estimate of drug-likeness (QED) is 0.348.